The van der Waals surface area contributed by atoms with Crippen LogP contribution in [0, 0.1) is 5.82 Å². The van der Waals surface area contributed by atoms with Crippen LogP contribution in [0.3, 0.4) is 0 Å². The molecule has 1 aromatic rings. The minimum atomic E-state index is -0.634. The maximum absolute atomic E-state index is 14.7. The Labute approximate surface area is 163 Å². The molecule has 1 saturated carbocycles. The van der Waals surface area contributed by atoms with Crippen LogP contribution in [0.4, 0.5) is 10.1 Å². The summed E-state index contributed by atoms with van der Waals surface area (Å²) in [6.07, 6.45) is 8.38. The number of anilines is 1. The zero-order valence-corrected chi connectivity index (χ0v) is 17.3. The van der Waals surface area contributed by atoms with E-state index in [1.807, 2.05) is 37.9 Å². The number of halogens is 1. The van der Waals surface area contributed by atoms with E-state index in [2.05, 4.69) is 6.92 Å². The van der Waals surface area contributed by atoms with Gasteiger partial charge in [0.1, 0.15) is 11.9 Å². The molecular weight excluding hydrogens is 341 g/mol. The molecule has 0 N–H and O–H groups in total. The standard InChI is InChI=1S/C23H34FNO2/c1-5-6-7-8-16-27-21(15-12-17(2)3)23(26)22-19(24)10-9-11-20(22)25(4)18-13-14-18/h9-12,18,21H,5-8,13-16H2,1-4H3. The van der Waals surface area contributed by atoms with E-state index in [0.29, 0.717) is 24.8 Å². The Morgan fingerprint density at radius 1 is 1.30 bits per heavy atom. The van der Waals surface area contributed by atoms with E-state index in [1.165, 1.54) is 12.5 Å². The Bertz CT molecular complexity index is 648. The van der Waals surface area contributed by atoms with Crippen LogP contribution < -0.4 is 4.90 Å². The number of allylic oxidation sites excluding steroid dienone is 1. The van der Waals surface area contributed by atoms with Crippen molar-refractivity contribution in [2.24, 2.45) is 0 Å². The summed E-state index contributed by atoms with van der Waals surface area (Å²) in [5.41, 5.74) is 1.98. The lowest BCUT2D eigenvalue weighted by Crippen LogP contribution is -2.29. The highest BCUT2D eigenvalue weighted by Gasteiger charge is 2.32. The molecule has 27 heavy (non-hydrogen) atoms. The third kappa shape index (κ3) is 6.46. The molecule has 0 heterocycles. The first-order chi connectivity index (χ1) is 13.0. The minimum Gasteiger partial charge on any atom is -0.371 e. The second-order valence-electron chi connectivity index (χ2n) is 7.78. The number of carbonyl (C=O) groups is 1. The molecule has 1 aromatic carbocycles. The van der Waals surface area contributed by atoms with Gasteiger partial charge in [-0.25, -0.2) is 4.39 Å². The number of ether oxygens (including phenoxy) is 1. The molecule has 4 heteroatoms. The van der Waals surface area contributed by atoms with Crippen molar-refractivity contribution in [2.75, 3.05) is 18.6 Å². The van der Waals surface area contributed by atoms with Gasteiger partial charge < -0.3 is 9.64 Å². The summed E-state index contributed by atoms with van der Waals surface area (Å²) in [6.45, 7) is 6.70. The molecule has 1 aliphatic carbocycles. The maximum Gasteiger partial charge on any atom is 0.196 e. The molecule has 1 aliphatic rings. The fourth-order valence-electron chi connectivity index (χ4n) is 3.22. The van der Waals surface area contributed by atoms with Gasteiger partial charge >= 0.3 is 0 Å². The summed E-state index contributed by atoms with van der Waals surface area (Å²) in [4.78, 5) is 15.3. The Hall–Kier alpha value is -1.68. The highest BCUT2D eigenvalue weighted by Crippen LogP contribution is 2.34. The van der Waals surface area contributed by atoms with Gasteiger partial charge in [-0.1, -0.05) is 43.9 Å². The number of ketones is 1. The van der Waals surface area contributed by atoms with Gasteiger partial charge in [-0.2, -0.15) is 0 Å². The van der Waals surface area contributed by atoms with E-state index in [4.69, 9.17) is 4.74 Å². The monoisotopic (exact) mass is 375 g/mol. The van der Waals surface area contributed by atoms with Crippen LogP contribution in [0.2, 0.25) is 0 Å². The quantitative estimate of drug-likeness (QED) is 0.258. The molecule has 0 amide bonds. The van der Waals surface area contributed by atoms with Crippen LogP contribution in [-0.4, -0.2) is 31.6 Å². The fraction of sp³-hybridized carbons (Fsp3) is 0.609. The van der Waals surface area contributed by atoms with E-state index in [0.717, 1.165) is 37.7 Å². The minimum absolute atomic E-state index is 0.174. The Morgan fingerprint density at radius 2 is 2.04 bits per heavy atom. The van der Waals surface area contributed by atoms with Crippen molar-refractivity contribution in [3.8, 4) is 0 Å². The third-order valence-electron chi connectivity index (χ3n) is 5.06. The number of unbranched alkanes of at least 4 members (excludes halogenated alkanes) is 3. The average molecular weight is 376 g/mol. The second-order valence-corrected chi connectivity index (χ2v) is 7.78. The highest BCUT2D eigenvalue weighted by molar-refractivity contribution is 6.04. The zero-order valence-electron chi connectivity index (χ0n) is 17.3. The van der Waals surface area contributed by atoms with E-state index >= 15 is 0 Å². The number of hydrogen-bond donors (Lipinski definition) is 0. The number of Topliss-reactive ketones (excluding diaryl/α,β-unsaturated/α-hetero) is 1. The van der Waals surface area contributed by atoms with Gasteiger partial charge in [0.15, 0.2) is 5.78 Å². The number of benzene rings is 1. The van der Waals surface area contributed by atoms with E-state index in [9.17, 15) is 9.18 Å². The van der Waals surface area contributed by atoms with Crippen molar-refractivity contribution in [1.29, 1.82) is 0 Å². The normalized spacial score (nSPS) is 14.7. The van der Waals surface area contributed by atoms with Crippen LogP contribution in [0.25, 0.3) is 0 Å². The topological polar surface area (TPSA) is 29.5 Å². The Kier molecular flexibility index (Phi) is 8.49. The molecule has 1 unspecified atom stereocenters. The summed E-state index contributed by atoms with van der Waals surface area (Å²) in [5.74, 6) is -0.703. The van der Waals surface area contributed by atoms with Crippen LogP contribution >= 0.6 is 0 Å². The first kappa shape index (κ1) is 21.6. The van der Waals surface area contributed by atoms with Gasteiger partial charge in [-0.05, 0) is 51.7 Å². The summed E-state index contributed by atoms with van der Waals surface area (Å²) >= 11 is 0. The second kappa shape index (κ2) is 10.6. The van der Waals surface area contributed by atoms with E-state index < -0.39 is 11.9 Å². The van der Waals surface area contributed by atoms with Crippen molar-refractivity contribution in [2.45, 2.75) is 77.9 Å². The van der Waals surface area contributed by atoms with Crippen LogP contribution in [0.5, 0.6) is 0 Å². The van der Waals surface area contributed by atoms with Gasteiger partial charge in [0.2, 0.25) is 0 Å². The molecule has 0 saturated heterocycles. The van der Waals surface area contributed by atoms with E-state index in [-0.39, 0.29) is 11.3 Å². The molecule has 3 nitrogen and oxygen atoms in total. The molecule has 0 radical (unpaired) electrons. The van der Waals surface area contributed by atoms with Crippen LogP contribution in [0.1, 0.15) is 76.1 Å². The lowest BCUT2D eigenvalue weighted by Gasteiger charge is -2.24. The fourth-order valence-corrected chi connectivity index (χ4v) is 3.22. The van der Waals surface area contributed by atoms with Crippen molar-refractivity contribution in [3.05, 3.63) is 41.2 Å². The predicted molar refractivity (Wildman–Crippen MR) is 110 cm³/mol. The van der Waals surface area contributed by atoms with Gasteiger partial charge in [0.05, 0.1) is 11.3 Å². The lowest BCUT2D eigenvalue weighted by molar-refractivity contribution is 0.0404. The molecular formula is C23H34FNO2. The lowest BCUT2D eigenvalue weighted by atomic mass is 9.99. The molecule has 1 fully saturated rings. The van der Waals surface area contributed by atoms with Crippen molar-refractivity contribution < 1.29 is 13.9 Å². The molecule has 0 spiro atoms. The molecule has 0 aliphatic heterocycles. The molecule has 1 atom stereocenters. The van der Waals surface area contributed by atoms with E-state index in [1.54, 1.807) is 6.07 Å². The van der Waals surface area contributed by atoms with Crippen molar-refractivity contribution in [1.82, 2.24) is 0 Å². The molecule has 0 bridgehead atoms. The van der Waals surface area contributed by atoms with Crippen molar-refractivity contribution >= 4 is 11.5 Å². The largest absolute Gasteiger partial charge is 0.371 e. The molecule has 150 valence electrons. The number of rotatable bonds is 12. The summed E-state index contributed by atoms with van der Waals surface area (Å²) in [7, 11) is 1.94. The zero-order chi connectivity index (χ0) is 19.8. The van der Waals surface area contributed by atoms with Gasteiger partial charge in [0.25, 0.3) is 0 Å². The van der Waals surface area contributed by atoms with Gasteiger partial charge in [0, 0.05) is 19.7 Å². The average Bonchev–Trinajstić information content (AvgIpc) is 3.47. The number of nitrogens with zero attached hydrogens (tertiary/aromatic N) is 1. The Balaban J connectivity index is 2.18. The van der Waals surface area contributed by atoms with Gasteiger partial charge in [-0.3, -0.25) is 4.79 Å². The van der Waals surface area contributed by atoms with Crippen molar-refractivity contribution in [3.63, 3.8) is 0 Å². The van der Waals surface area contributed by atoms with Crippen LogP contribution in [-0.2, 0) is 4.74 Å². The summed E-state index contributed by atoms with van der Waals surface area (Å²) < 4.78 is 20.6. The first-order valence-corrected chi connectivity index (χ1v) is 10.3. The van der Waals surface area contributed by atoms with Crippen LogP contribution in [0.15, 0.2) is 29.8 Å². The smallest absolute Gasteiger partial charge is 0.196 e. The number of hydrogen-bond acceptors (Lipinski definition) is 3. The SMILES string of the molecule is CCCCCCOC(CC=C(C)C)C(=O)c1c(F)cccc1N(C)C1CC1. The Morgan fingerprint density at radius 3 is 2.67 bits per heavy atom. The third-order valence-corrected chi connectivity index (χ3v) is 5.06. The highest BCUT2D eigenvalue weighted by atomic mass is 19.1. The predicted octanol–water partition coefficient (Wildman–Crippen LogP) is 5.93. The summed E-state index contributed by atoms with van der Waals surface area (Å²) in [5, 5.41) is 0. The summed E-state index contributed by atoms with van der Waals surface area (Å²) in [6, 6.07) is 5.30. The van der Waals surface area contributed by atoms with Gasteiger partial charge in [-0.15, -0.1) is 0 Å². The molecule has 0 aromatic heterocycles. The maximum atomic E-state index is 14.7. The molecule has 2 rings (SSSR count). The first-order valence-electron chi connectivity index (χ1n) is 10.3. The number of carbonyl (C=O) groups excluding carboxylic acids is 1.